The number of anilines is 1. The zero-order chi connectivity index (χ0) is 14.6. The molecule has 0 spiro atoms. The first-order valence-electron chi connectivity index (χ1n) is 7.27. The van der Waals surface area contributed by atoms with E-state index >= 15 is 0 Å². The highest BCUT2D eigenvalue weighted by molar-refractivity contribution is 5.82. The van der Waals surface area contributed by atoms with Crippen LogP contribution in [0.3, 0.4) is 0 Å². The highest BCUT2D eigenvalue weighted by atomic mass is 16.2. The maximum Gasteiger partial charge on any atom is 0.230 e. The third-order valence-corrected chi connectivity index (χ3v) is 3.81. The second kappa shape index (κ2) is 6.27. The van der Waals surface area contributed by atoms with Gasteiger partial charge in [0.25, 0.3) is 0 Å². The standard InChI is InChI=1S/C16H25N3O/c1-16(2,15(20)19-11-9-17-10-12-19)13-18(3)14-7-5-4-6-8-14/h4-8,17H,9-13H2,1-3H3. The lowest BCUT2D eigenvalue weighted by Crippen LogP contribution is -2.52. The van der Waals surface area contributed by atoms with Gasteiger partial charge in [0.15, 0.2) is 0 Å². The molecule has 1 aliphatic rings. The Morgan fingerprint density at radius 2 is 1.85 bits per heavy atom. The Morgan fingerprint density at radius 3 is 2.45 bits per heavy atom. The van der Waals surface area contributed by atoms with Crippen molar-refractivity contribution in [3.05, 3.63) is 30.3 Å². The van der Waals surface area contributed by atoms with Gasteiger partial charge in [-0.3, -0.25) is 4.79 Å². The van der Waals surface area contributed by atoms with E-state index in [0.717, 1.165) is 38.4 Å². The van der Waals surface area contributed by atoms with Crippen LogP contribution < -0.4 is 10.2 Å². The first kappa shape index (κ1) is 14.9. The average molecular weight is 275 g/mol. The smallest absolute Gasteiger partial charge is 0.230 e. The molecule has 1 heterocycles. The van der Waals surface area contributed by atoms with E-state index in [2.05, 4.69) is 22.3 Å². The number of nitrogens with zero attached hydrogens (tertiary/aromatic N) is 2. The van der Waals surface area contributed by atoms with Crippen LogP contribution in [0.15, 0.2) is 30.3 Å². The number of piperazine rings is 1. The Kier molecular flexibility index (Phi) is 4.65. The number of rotatable bonds is 4. The van der Waals surface area contributed by atoms with Crippen molar-refractivity contribution in [1.82, 2.24) is 10.2 Å². The van der Waals surface area contributed by atoms with E-state index in [0.29, 0.717) is 0 Å². The quantitative estimate of drug-likeness (QED) is 0.906. The summed E-state index contributed by atoms with van der Waals surface area (Å²) >= 11 is 0. The minimum atomic E-state index is -0.373. The Labute approximate surface area is 121 Å². The van der Waals surface area contributed by atoms with Crippen LogP contribution in [0.25, 0.3) is 0 Å². The van der Waals surface area contributed by atoms with E-state index in [9.17, 15) is 4.79 Å². The van der Waals surface area contributed by atoms with Crippen molar-refractivity contribution < 1.29 is 4.79 Å². The van der Waals surface area contributed by atoms with Gasteiger partial charge in [0.1, 0.15) is 0 Å². The third-order valence-electron chi connectivity index (χ3n) is 3.81. The van der Waals surface area contributed by atoms with Crippen LogP contribution in [0.5, 0.6) is 0 Å². The first-order valence-corrected chi connectivity index (χ1v) is 7.27. The number of carbonyl (C=O) groups excluding carboxylic acids is 1. The van der Waals surface area contributed by atoms with E-state index in [1.54, 1.807) is 0 Å². The van der Waals surface area contributed by atoms with Crippen LogP contribution >= 0.6 is 0 Å². The third kappa shape index (κ3) is 3.51. The molecule has 0 atom stereocenters. The van der Waals surface area contributed by atoms with Crippen LogP contribution in [0, 0.1) is 5.41 Å². The largest absolute Gasteiger partial charge is 0.374 e. The lowest BCUT2D eigenvalue weighted by Gasteiger charge is -2.37. The van der Waals surface area contributed by atoms with E-state index < -0.39 is 0 Å². The summed E-state index contributed by atoms with van der Waals surface area (Å²) in [5.41, 5.74) is 0.774. The molecule has 1 aromatic rings. The fraction of sp³-hybridized carbons (Fsp3) is 0.562. The van der Waals surface area contributed by atoms with Gasteiger partial charge in [-0.1, -0.05) is 18.2 Å². The van der Waals surface area contributed by atoms with Gasteiger partial charge in [0.2, 0.25) is 5.91 Å². The molecule has 2 rings (SSSR count). The van der Waals surface area contributed by atoms with Crippen LogP contribution in [0.1, 0.15) is 13.8 Å². The predicted octanol–water partition coefficient (Wildman–Crippen LogP) is 1.58. The molecule has 1 fully saturated rings. The van der Waals surface area contributed by atoms with Gasteiger partial charge >= 0.3 is 0 Å². The molecule has 1 amide bonds. The van der Waals surface area contributed by atoms with Gasteiger partial charge in [-0.05, 0) is 26.0 Å². The molecular weight excluding hydrogens is 250 g/mol. The fourth-order valence-corrected chi connectivity index (χ4v) is 2.73. The molecule has 0 saturated carbocycles. The van der Waals surface area contributed by atoms with Crippen LogP contribution in [0.4, 0.5) is 5.69 Å². The Morgan fingerprint density at radius 1 is 1.25 bits per heavy atom. The molecule has 0 aromatic heterocycles. The minimum Gasteiger partial charge on any atom is -0.374 e. The molecule has 1 N–H and O–H groups in total. The van der Waals surface area contributed by atoms with E-state index in [1.807, 2.05) is 44.0 Å². The number of nitrogens with one attached hydrogen (secondary N) is 1. The van der Waals surface area contributed by atoms with Crippen molar-refractivity contribution in [3.8, 4) is 0 Å². The Bertz CT molecular complexity index is 438. The first-order chi connectivity index (χ1) is 9.50. The molecule has 4 heteroatoms. The maximum absolute atomic E-state index is 12.7. The monoisotopic (exact) mass is 275 g/mol. The molecule has 110 valence electrons. The van der Waals surface area contributed by atoms with Gasteiger partial charge in [0, 0.05) is 45.5 Å². The second-order valence-electron chi connectivity index (χ2n) is 6.12. The summed E-state index contributed by atoms with van der Waals surface area (Å²) in [7, 11) is 2.04. The van der Waals surface area contributed by atoms with Crippen LogP contribution in [0.2, 0.25) is 0 Å². The maximum atomic E-state index is 12.7. The number of hydrogen-bond acceptors (Lipinski definition) is 3. The summed E-state index contributed by atoms with van der Waals surface area (Å²) in [5.74, 6) is 0.252. The predicted molar refractivity (Wildman–Crippen MR) is 82.9 cm³/mol. The van der Waals surface area contributed by atoms with Crippen molar-refractivity contribution in [2.45, 2.75) is 13.8 Å². The van der Waals surface area contributed by atoms with Crippen molar-refractivity contribution >= 4 is 11.6 Å². The van der Waals surface area contributed by atoms with Crippen molar-refractivity contribution in [3.63, 3.8) is 0 Å². The second-order valence-corrected chi connectivity index (χ2v) is 6.12. The zero-order valence-corrected chi connectivity index (χ0v) is 12.7. The molecule has 1 aromatic carbocycles. The van der Waals surface area contributed by atoms with E-state index in [-0.39, 0.29) is 11.3 Å². The van der Waals surface area contributed by atoms with E-state index in [1.165, 1.54) is 0 Å². The zero-order valence-electron chi connectivity index (χ0n) is 12.7. The minimum absolute atomic E-state index is 0.252. The summed E-state index contributed by atoms with van der Waals surface area (Å²) in [6.45, 7) is 8.23. The fourth-order valence-electron chi connectivity index (χ4n) is 2.73. The van der Waals surface area contributed by atoms with Gasteiger partial charge in [-0.2, -0.15) is 0 Å². The lowest BCUT2D eigenvalue weighted by molar-refractivity contribution is -0.140. The average Bonchev–Trinajstić information content (AvgIpc) is 2.48. The Hall–Kier alpha value is -1.55. The number of benzene rings is 1. The van der Waals surface area contributed by atoms with Crippen molar-refractivity contribution in [1.29, 1.82) is 0 Å². The number of amides is 1. The van der Waals surface area contributed by atoms with Crippen LogP contribution in [-0.4, -0.2) is 50.6 Å². The summed E-state index contributed by atoms with van der Waals surface area (Å²) in [4.78, 5) is 16.8. The number of carbonyl (C=O) groups is 1. The number of para-hydroxylation sites is 1. The van der Waals surface area contributed by atoms with Crippen LogP contribution in [-0.2, 0) is 4.79 Å². The van der Waals surface area contributed by atoms with Gasteiger partial charge in [-0.15, -0.1) is 0 Å². The summed E-state index contributed by atoms with van der Waals surface area (Å²) in [6.07, 6.45) is 0. The van der Waals surface area contributed by atoms with Crippen molar-refractivity contribution in [2.24, 2.45) is 5.41 Å². The molecule has 1 aliphatic heterocycles. The summed E-state index contributed by atoms with van der Waals surface area (Å²) in [5, 5.41) is 3.28. The SMILES string of the molecule is CN(CC(C)(C)C(=O)N1CCNCC1)c1ccccc1. The number of hydrogen-bond donors (Lipinski definition) is 1. The lowest BCUT2D eigenvalue weighted by atomic mass is 9.90. The van der Waals surface area contributed by atoms with Gasteiger partial charge < -0.3 is 15.1 Å². The van der Waals surface area contributed by atoms with Crippen molar-refractivity contribution in [2.75, 3.05) is 44.7 Å². The summed E-state index contributed by atoms with van der Waals surface area (Å²) < 4.78 is 0. The highest BCUT2D eigenvalue weighted by Gasteiger charge is 2.33. The van der Waals surface area contributed by atoms with E-state index in [4.69, 9.17) is 0 Å². The molecule has 1 saturated heterocycles. The molecule has 20 heavy (non-hydrogen) atoms. The van der Waals surface area contributed by atoms with Gasteiger partial charge in [0.05, 0.1) is 5.41 Å². The topological polar surface area (TPSA) is 35.6 Å². The molecule has 4 nitrogen and oxygen atoms in total. The molecule has 0 aliphatic carbocycles. The highest BCUT2D eigenvalue weighted by Crippen LogP contribution is 2.23. The van der Waals surface area contributed by atoms with Gasteiger partial charge in [-0.25, -0.2) is 0 Å². The molecule has 0 radical (unpaired) electrons. The normalized spacial score (nSPS) is 16.1. The molecule has 0 bridgehead atoms. The Balaban J connectivity index is 2.00. The summed E-state index contributed by atoms with van der Waals surface area (Å²) in [6, 6.07) is 10.2. The molecular formula is C16H25N3O. The molecule has 0 unspecified atom stereocenters.